The van der Waals surface area contributed by atoms with Crippen LogP contribution in [0.4, 0.5) is 0 Å². The van der Waals surface area contributed by atoms with Crippen molar-refractivity contribution < 1.29 is 18.9 Å². The monoisotopic (exact) mass is 309 g/mol. The molecule has 5 heteroatoms. The highest BCUT2D eigenvalue weighted by Gasteiger charge is 2.15. The van der Waals surface area contributed by atoms with E-state index in [0.717, 1.165) is 11.1 Å². The Bertz CT molecular complexity index is 805. The Kier molecular flexibility index (Phi) is 4.07. The van der Waals surface area contributed by atoms with Crippen LogP contribution in [-0.2, 0) is 0 Å². The van der Waals surface area contributed by atoms with E-state index < -0.39 is 0 Å². The second-order valence-corrected chi connectivity index (χ2v) is 4.85. The summed E-state index contributed by atoms with van der Waals surface area (Å²) < 4.78 is 21.2. The van der Waals surface area contributed by atoms with Crippen LogP contribution in [0.1, 0.15) is 11.1 Å². The van der Waals surface area contributed by atoms with Crippen LogP contribution < -0.4 is 18.9 Å². The SMILES string of the molecule is COc1ccc(OC)c(/C=C(/C#N)c2ccc3c(c2)OCO3)c1. The Labute approximate surface area is 134 Å². The summed E-state index contributed by atoms with van der Waals surface area (Å²) in [6, 6.07) is 13.1. The second-order valence-electron chi connectivity index (χ2n) is 4.85. The highest BCUT2D eigenvalue weighted by molar-refractivity contribution is 5.91. The number of allylic oxidation sites excluding steroid dienone is 1. The molecule has 1 heterocycles. The highest BCUT2D eigenvalue weighted by atomic mass is 16.7. The van der Waals surface area contributed by atoms with E-state index in [1.807, 2.05) is 18.2 Å². The lowest BCUT2D eigenvalue weighted by Crippen LogP contribution is -1.93. The molecule has 0 aliphatic carbocycles. The Morgan fingerprint density at radius 3 is 2.65 bits per heavy atom. The van der Waals surface area contributed by atoms with Gasteiger partial charge in [-0.2, -0.15) is 5.26 Å². The number of nitriles is 1. The summed E-state index contributed by atoms with van der Waals surface area (Å²) in [6.45, 7) is 0.202. The number of ether oxygens (including phenoxy) is 4. The summed E-state index contributed by atoms with van der Waals surface area (Å²) in [6.07, 6.45) is 1.76. The fourth-order valence-corrected chi connectivity index (χ4v) is 2.35. The maximum atomic E-state index is 9.52. The molecule has 0 saturated carbocycles. The molecule has 0 unspecified atom stereocenters. The van der Waals surface area contributed by atoms with Crippen molar-refractivity contribution in [2.24, 2.45) is 0 Å². The molecule has 1 aliphatic heterocycles. The van der Waals surface area contributed by atoms with Crippen molar-refractivity contribution in [1.29, 1.82) is 5.26 Å². The van der Waals surface area contributed by atoms with E-state index in [1.165, 1.54) is 0 Å². The van der Waals surface area contributed by atoms with Crippen molar-refractivity contribution in [3.05, 3.63) is 47.5 Å². The van der Waals surface area contributed by atoms with Gasteiger partial charge in [0.25, 0.3) is 0 Å². The molecule has 0 fully saturated rings. The fourth-order valence-electron chi connectivity index (χ4n) is 2.35. The lowest BCUT2D eigenvalue weighted by Gasteiger charge is -2.08. The predicted octanol–water partition coefficient (Wildman–Crippen LogP) is 3.50. The van der Waals surface area contributed by atoms with Gasteiger partial charge in [0, 0.05) is 5.56 Å². The van der Waals surface area contributed by atoms with Crippen LogP contribution >= 0.6 is 0 Å². The van der Waals surface area contributed by atoms with Crippen LogP contribution in [0.2, 0.25) is 0 Å². The van der Waals surface area contributed by atoms with Gasteiger partial charge >= 0.3 is 0 Å². The topological polar surface area (TPSA) is 60.7 Å². The molecular formula is C18H15NO4. The second kappa shape index (κ2) is 6.32. The number of hydrogen-bond acceptors (Lipinski definition) is 5. The number of methoxy groups -OCH3 is 2. The van der Waals surface area contributed by atoms with Gasteiger partial charge in [-0.25, -0.2) is 0 Å². The van der Waals surface area contributed by atoms with Crippen LogP contribution in [0.5, 0.6) is 23.0 Å². The molecule has 0 bridgehead atoms. The lowest BCUT2D eigenvalue weighted by molar-refractivity contribution is 0.174. The van der Waals surface area contributed by atoms with Crippen molar-refractivity contribution in [2.45, 2.75) is 0 Å². The van der Waals surface area contributed by atoms with Crippen LogP contribution in [0.25, 0.3) is 11.6 Å². The van der Waals surface area contributed by atoms with Crippen LogP contribution in [0.15, 0.2) is 36.4 Å². The third kappa shape index (κ3) is 2.92. The molecule has 2 aromatic carbocycles. The van der Waals surface area contributed by atoms with E-state index in [4.69, 9.17) is 18.9 Å². The summed E-state index contributed by atoms with van der Waals surface area (Å²) >= 11 is 0. The van der Waals surface area contributed by atoms with Crippen LogP contribution in [-0.4, -0.2) is 21.0 Å². The maximum Gasteiger partial charge on any atom is 0.231 e. The van der Waals surface area contributed by atoms with Gasteiger partial charge in [0.1, 0.15) is 11.5 Å². The standard InChI is InChI=1S/C18H15NO4/c1-20-15-4-6-16(21-2)13(8-15)7-14(10-19)12-3-5-17-18(9-12)23-11-22-17/h3-9H,11H2,1-2H3/b14-7-. The summed E-state index contributed by atoms with van der Waals surface area (Å²) in [4.78, 5) is 0. The van der Waals surface area contributed by atoms with Crippen molar-refractivity contribution in [3.63, 3.8) is 0 Å². The number of nitrogens with zero attached hydrogens (tertiary/aromatic N) is 1. The van der Waals surface area contributed by atoms with Gasteiger partial charge in [-0.15, -0.1) is 0 Å². The summed E-state index contributed by atoms with van der Waals surface area (Å²) in [5.41, 5.74) is 2.01. The van der Waals surface area contributed by atoms with Crippen LogP contribution in [0.3, 0.4) is 0 Å². The van der Waals surface area contributed by atoms with E-state index in [1.54, 1.807) is 38.5 Å². The molecule has 5 nitrogen and oxygen atoms in total. The van der Waals surface area contributed by atoms with E-state index in [2.05, 4.69) is 6.07 Å². The Hall–Kier alpha value is -3.13. The molecule has 0 aromatic heterocycles. The first-order valence-corrected chi connectivity index (χ1v) is 6.99. The van der Waals surface area contributed by atoms with E-state index in [9.17, 15) is 5.26 Å². The average molecular weight is 309 g/mol. The molecule has 2 aromatic rings. The number of benzene rings is 2. The van der Waals surface area contributed by atoms with E-state index in [0.29, 0.717) is 28.6 Å². The van der Waals surface area contributed by atoms with Gasteiger partial charge in [0.05, 0.1) is 25.9 Å². The molecule has 0 spiro atoms. The Morgan fingerprint density at radius 1 is 1.09 bits per heavy atom. The summed E-state index contributed by atoms with van der Waals surface area (Å²) in [5, 5.41) is 9.52. The largest absolute Gasteiger partial charge is 0.497 e. The van der Waals surface area contributed by atoms with Crippen molar-refractivity contribution in [1.82, 2.24) is 0 Å². The van der Waals surface area contributed by atoms with Gasteiger partial charge in [0.2, 0.25) is 6.79 Å². The van der Waals surface area contributed by atoms with E-state index in [-0.39, 0.29) is 6.79 Å². The van der Waals surface area contributed by atoms with E-state index >= 15 is 0 Å². The zero-order chi connectivity index (χ0) is 16.2. The zero-order valence-corrected chi connectivity index (χ0v) is 12.8. The molecule has 3 rings (SSSR count). The molecule has 0 atom stereocenters. The molecule has 0 saturated heterocycles. The summed E-state index contributed by atoms with van der Waals surface area (Å²) in [5.74, 6) is 2.69. The first-order valence-electron chi connectivity index (χ1n) is 6.99. The minimum atomic E-state index is 0.202. The minimum Gasteiger partial charge on any atom is -0.497 e. The Balaban J connectivity index is 2.04. The van der Waals surface area contributed by atoms with Crippen molar-refractivity contribution >= 4 is 11.6 Å². The quantitative estimate of drug-likeness (QED) is 0.639. The number of fused-ring (bicyclic) bond motifs is 1. The normalized spacial score (nSPS) is 12.7. The van der Waals surface area contributed by atoms with Gasteiger partial charge < -0.3 is 18.9 Å². The summed E-state index contributed by atoms with van der Waals surface area (Å²) in [7, 11) is 3.18. The zero-order valence-electron chi connectivity index (χ0n) is 12.8. The van der Waals surface area contributed by atoms with Crippen LogP contribution in [0, 0.1) is 11.3 Å². The van der Waals surface area contributed by atoms with Crippen molar-refractivity contribution in [3.8, 4) is 29.1 Å². The molecular weight excluding hydrogens is 294 g/mol. The van der Waals surface area contributed by atoms with Gasteiger partial charge in [-0.3, -0.25) is 0 Å². The average Bonchev–Trinajstić information content (AvgIpc) is 3.07. The molecule has 0 amide bonds. The fraction of sp³-hybridized carbons (Fsp3) is 0.167. The number of rotatable bonds is 4. The molecule has 116 valence electrons. The van der Waals surface area contributed by atoms with Gasteiger partial charge in [-0.1, -0.05) is 0 Å². The molecule has 23 heavy (non-hydrogen) atoms. The first-order chi connectivity index (χ1) is 11.2. The van der Waals surface area contributed by atoms with Gasteiger partial charge in [0.15, 0.2) is 11.5 Å². The van der Waals surface area contributed by atoms with Crippen molar-refractivity contribution in [2.75, 3.05) is 21.0 Å². The third-order valence-corrected chi connectivity index (χ3v) is 3.54. The smallest absolute Gasteiger partial charge is 0.231 e. The highest BCUT2D eigenvalue weighted by Crippen LogP contribution is 2.35. The number of hydrogen-bond donors (Lipinski definition) is 0. The molecule has 0 radical (unpaired) electrons. The predicted molar refractivity (Wildman–Crippen MR) is 85.6 cm³/mol. The third-order valence-electron chi connectivity index (χ3n) is 3.54. The Morgan fingerprint density at radius 2 is 1.91 bits per heavy atom. The first kappa shape index (κ1) is 14.8. The van der Waals surface area contributed by atoms with Gasteiger partial charge in [-0.05, 0) is 48.0 Å². The molecule has 1 aliphatic rings. The lowest BCUT2D eigenvalue weighted by atomic mass is 10.0. The minimum absolute atomic E-state index is 0.202. The molecule has 0 N–H and O–H groups in total. The maximum absolute atomic E-state index is 9.52.